The van der Waals surface area contributed by atoms with Gasteiger partial charge in [0.05, 0.1) is 17.9 Å². The monoisotopic (exact) mass is 346 g/mol. The number of likely N-dealkylation sites (tertiary alicyclic amines) is 1. The number of nitrogens with zero attached hydrogens (tertiary/aromatic N) is 4. The Morgan fingerprint density at radius 3 is 2.88 bits per heavy atom. The second kappa shape index (κ2) is 5.92. The fourth-order valence-corrected chi connectivity index (χ4v) is 3.14. The number of nitrogens with one attached hydrogen (secondary N) is 1. The van der Waals surface area contributed by atoms with Gasteiger partial charge in [0.1, 0.15) is 5.69 Å². The molecule has 1 fully saturated rings. The van der Waals surface area contributed by atoms with Gasteiger partial charge in [-0.2, -0.15) is 0 Å². The summed E-state index contributed by atoms with van der Waals surface area (Å²) in [5.41, 5.74) is 6.93. The van der Waals surface area contributed by atoms with Crippen LogP contribution in [0.5, 0.6) is 0 Å². The van der Waals surface area contributed by atoms with Crippen LogP contribution in [0.25, 0.3) is 10.9 Å². The third-order valence-corrected chi connectivity index (χ3v) is 4.48. The highest BCUT2D eigenvalue weighted by Crippen LogP contribution is 2.24. The van der Waals surface area contributed by atoms with Crippen molar-refractivity contribution >= 4 is 16.8 Å². The third-order valence-electron chi connectivity index (χ3n) is 4.48. The number of H-pyrrole nitrogens is 1. The summed E-state index contributed by atoms with van der Waals surface area (Å²) in [4.78, 5) is 17.2. The molecule has 0 bridgehead atoms. The smallest absolute Gasteiger partial charge is 0.270 e. The highest BCUT2D eigenvalue weighted by Gasteiger charge is 2.29. The van der Waals surface area contributed by atoms with Crippen molar-refractivity contribution in [1.82, 2.24) is 24.9 Å². The molecular weight excluding hydrogens is 330 g/mol. The highest BCUT2D eigenvalue weighted by molar-refractivity contribution is 5.98. The normalized spacial score (nSPS) is 17.6. The molecule has 0 spiro atoms. The average Bonchev–Trinajstić information content (AvgIpc) is 3.33. The molecule has 9 heteroatoms. The lowest BCUT2D eigenvalue weighted by atomic mass is 10.2. The van der Waals surface area contributed by atoms with E-state index in [2.05, 4.69) is 15.3 Å². The molecule has 130 valence electrons. The molecular formula is C16H16F2N6O. The summed E-state index contributed by atoms with van der Waals surface area (Å²) in [5.74, 6) is -2.09. The summed E-state index contributed by atoms with van der Waals surface area (Å²) in [6.07, 6.45) is 2.54. The second-order valence-corrected chi connectivity index (χ2v) is 6.12. The van der Waals surface area contributed by atoms with E-state index in [4.69, 9.17) is 5.73 Å². The van der Waals surface area contributed by atoms with Crippen LogP contribution in [0.15, 0.2) is 24.4 Å². The predicted molar refractivity (Wildman–Crippen MR) is 85.7 cm³/mol. The van der Waals surface area contributed by atoms with Crippen LogP contribution < -0.4 is 5.73 Å². The van der Waals surface area contributed by atoms with Crippen LogP contribution in [0, 0.1) is 11.6 Å². The Hall–Kier alpha value is -2.81. The van der Waals surface area contributed by atoms with Crippen molar-refractivity contribution in [3.63, 3.8) is 0 Å². The van der Waals surface area contributed by atoms with Crippen molar-refractivity contribution < 1.29 is 13.6 Å². The molecule has 0 radical (unpaired) electrons. The molecule has 2 aromatic heterocycles. The van der Waals surface area contributed by atoms with Crippen LogP contribution in [0.2, 0.25) is 0 Å². The van der Waals surface area contributed by atoms with Gasteiger partial charge >= 0.3 is 0 Å². The van der Waals surface area contributed by atoms with Crippen LogP contribution in [0.4, 0.5) is 8.78 Å². The fraction of sp³-hybridized carbons (Fsp3) is 0.312. The van der Waals surface area contributed by atoms with Gasteiger partial charge in [-0.3, -0.25) is 4.79 Å². The van der Waals surface area contributed by atoms with E-state index >= 15 is 0 Å². The topological polar surface area (TPSA) is 92.8 Å². The fourth-order valence-electron chi connectivity index (χ4n) is 3.14. The molecule has 1 aliphatic rings. The first kappa shape index (κ1) is 15.7. The van der Waals surface area contributed by atoms with E-state index in [0.29, 0.717) is 41.9 Å². The Morgan fingerprint density at radius 1 is 1.32 bits per heavy atom. The summed E-state index contributed by atoms with van der Waals surface area (Å²) in [7, 11) is 0. The number of carbonyl (C=O) groups is 1. The van der Waals surface area contributed by atoms with E-state index in [1.165, 1.54) is 6.07 Å². The number of hydrogen-bond donors (Lipinski definition) is 2. The van der Waals surface area contributed by atoms with Gasteiger partial charge in [0.2, 0.25) is 0 Å². The van der Waals surface area contributed by atoms with Gasteiger partial charge in [-0.15, -0.1) is 5.10 Å². The van der Waals surface area contributed by atoms with Crippen LogP contribution >= 0.6 is 0 Å². The zero-order valence-electron chi connectivity index (χ0n) is 13.2. The molecule has 1 aromatic carbocycles. The van der Waals surface area contributed by atoms with E-state index in [-0.39, 0.29) is 11.9 Å². The summed E-state index contributed by atoms with van der Waals surface area (Å²) >= 11 is 0. The van der Waals surface area contributed by atoms with Crippen molar-refractivity contribution in [2.45, 2.75) is 19.0 Å². The van der Waals surface area contributed by atoms with E-state index in [1.54, 1.807) is 15.8 Å². The highest BCUT2D eigenvalue weighted by atomic mass is 19.2. The minimum Gasteiger partial charge on any atom is -0.350 e. The Bertz CT molecular complexity index is 910. The molecule has 3 heterocycles. The van der Waals surface area contributed by atoms with Crippen molar-refractivity contribution in [2.24, 2.45) is 5.73 Å². The van der Waals surface area contributed by atoms with Crippen LogP contribution in [-0.2, 0) is 6.54 Å². The second-order valence-electron chi connectivity index (χ2n) is 6.12. The minimum absolute atomic E-state index is 0.0380. The van der Waals surface area contributed by atoms with E-state index < -0.39 is 11.6 Å². The standard InChI is InChI=1S/C16H16F2N6O/c17-12-3-9-4-15(20-14(9)5-13(12)18)16(25)23-2-1-11(8-23)24-7-10(6-19)21-22-24/h3-5,7,11,20H,1-2,6,8,19H2. The number of aromatic amines is 1. The summed E-state index contributed by atoms with van der Waals surface area (Å²) in [6.45, 7) is 1.38. The quantitative estimate of drug-likeness (QED) is 0.753. The Morgan fingerprint density at radius 2 is 2.12 bits per heavy atom. The van der Waals surface area contributed by atoms with E-state index in [1.807, 2.05) is 0 Å². The van der Waals surface area contributed by atoms with Crippen LogP contribution in [0.3, 0.4) is 0 Å². The zero-order chi connectivity index (χ0) is 17.6. The van der Waals surface area contributed by atoms with Gasteiger partial charge < -0.3 is 15.6 Å². The SMILES string of the molecule is NCc1cn(C2CCN(C(=O)c3cc4cc(F)c(F)cc4[nH]3)C2)nn1. The number of aromatic nitrogens is 4. The molecule has 1 unspecified atom stereocenters. The number of rotatable bonds is 3. The molecule has 1 atom stereocenters. The number of nitrogens with two attached hydrogens (primary N) is 1. The maximum absolute atomic E-state index is 13.3. The van der Waals surface area contributed by atoms with Crippen LogP contribution in [-0.4, -0.2) is 43.9 Å². The molecule has 1 saturated heterocycles. The molecule has 1 aliphatic heterocycles. The number of halogens is 2. The molecule has 7 nitrogen and oxygen atoms in total. The Kier molecular flexibility index (Phi) is 3.72. The molecule has 1 amide bonds. The number of hydrogen-bond acceptors (Lipinski definition) is 4. The lowest BCUT2D eigenvalue weighted by molar-refractivity contribution is 0.0782. The van der Waals surface area contributed by atoms with Crippen molar-refractivity contribution in [3.8, 4) is 0 Å². The van der Waals surface area contributed by atoms with Gasteiger partial charge in [0.15, 0.2) is 11.6 Å². The Labute approximate surface area is 141 Å². The molecule has 25 heavy (non-hydrogen) atoms. The van der Waals surface area contributed by atoms with Gasteiger partial charge in [0.25, 0.3) is 5.91 Å². The molecule has 0 saturated carbocycles. The van der Waals surface area contributed by atoms with Gasteiger partial charge in [-0.05, 0) is 18.6 Å². The number of fused-ring (bicyclic) bond motifs is 1. The van der Waals surface area contributed by atoms with Crippen LogP contribution in [0.1, 0.15) is 28.6 Å². The lowest BCUT2D eigenvalue weighted by Gasteiger charge is -2.15. The predicted octanol–water partition coefficient (Wildman–Crippen LogP) is 1.58. The first-order chi connectivity index (χ1) is 12.0. The number of carbonyl (C=O) groups excluding carboxylic acids is 1. The first-order valence-corrected chi connectivity index (χ1v) is 7.93. The summed E-state index contributed by atoms with van der Waals surface area (Å²) in [6, 6.07) is 3.71. The Balaban J connectivity index is 1.53. The van der Waals surface area contributed by atoms with E-state index in [9.17, 15) is 13.6 Å². The molecule has 4 rings (SSSR count). The molecule has 3 aromatic rings. The zero-order valence-corrected chi connectivity index (χ0v) is 13.2. The van der Waals surface area contributed by atoms with Gasteiger partial charge in [0, 0.05) is 36.6 Å². The summed E-state index contributed by atoms with van der Waals surface area (Å²) in [5, 5.41) is 8.47. The summed E-state index contributed by atoms with van der Waals surface area (Å²) < 4.78 is 28.4. The van der Waals surface area contributed by atoms with E-state index in [0.717, 1.165) is 18.6 Å². The van der Waals surface area contributed by atoms with Gasteiger partial charge in [-0.25, -0.2) is 13.5 Å². The number of benzene rings is 1. The third kappa shape index (κ3) is 2.76. The number of amides is 1. The van der Waals surface area contributed by atoms with Gasteiger partial charge in [-0.1, -0.05) is 5.21 Å². The maximum Gasteiger partial charge on any atom is 0.270 e. The van der Waals surface area contributed by atoms with Crippen molar-refractivity contribution in [2.75, 3.05) is 13.1 Å². The first-order valence-electron chi connectivity index (χ1n) is 7.93. The van der Waals surface area contributed by atoms with Crippen molar-refractivity contribution in [1.29, 1.82) is 0 Å². The minimum atomic E-state index is -0.948. The lowest BCUT2D eigenvalue weighted by Crippen LogP contribution is -2.29. The molecule has 0 aliphatic carbocycles. The maximum atomic E-state index is 13.3. The molecule has 3 N–H and O–H groups in total. The average molecular weight is 346 g/mol. The van der Waals surface area contributed by atoms with Crippen molar-refractivity contribution in [3.05, 3.63) is 47.4 Å². The largest absolute Gasteiger partial charge is 0.350 e.